The number of esters is 1. The van der Waals surface area contributed by atoms with Crippen molar-refractivity contribution in [1.82, 2.24) is 4.72 Å². The number of halogens is 1. The van der Waals surface area contributed by atoms with Crippen LogP contribution in [0.1, 0.15) is 25.7 Å². The van der Waals surface area contributed by atoms with E-state index < -0.39 is 27.2 Å². The second-order valence-corrected chi connectivity index (χ2v) is 6.16. The summed E-state index contributed by atoms with van der Waals surface area (Å²) in [6, 6.07) is 0. The molecule has 0 aromatic heterocycles. The first-order valence-corrected chi connectivity index (χ1v) is 7.34. The van der Waals surface area contributed by atoms with Crippen molar-refractivity contribution in [2.24, 2.45) is 11.7 Å². The molecular weight excluding hydrogens is 280 g/mol. The van der Waals surface area contributed by atoms with Crippen molar-refractivity contribution < 1.29 is 17.9 Å². The zero-order chi connectivity index (χ0) is 12.9. The fraction of sp³-hybridized carbons (Fsp3) is 0.900. The zero-order valence-electron chi connectivity index (χ0n) is 10.4. The minimum atomic E-state index is -3.48. The van der Waals surface area contributed by atoms with Crippen LogP contribution < -0.4 is 10.5 Å². The van der Waals surface area contributed by atoms with E-state index in [0.717, 1.165) is 12.8 Å². The van der Waals surface area contributed by atoms with Crippen molar-refractivity contribution in [2.45, 2.75) is 30.9 Å². The summed E-state index contributed by atoms with van der Waals surface area (Å²) in [6.07, 6.45) is 2.75. The first-order valence-electron chi connectivity index (χ1n) is 5.79. The van der Waals surface area contributed by atoms with Crippen LogP contribution in [0.25, 0.3) is 0 Å². The summed E-state index contributed by atoms with van der Waals surface area (Å²) in [5, 5.41) is -0.685. The molecule has 0 radical (unpaired) electrons. The average Bonchev–Trinajstić information content (AvgIpc) is 2.35. The summed E-state index contributed by atoms with van der Waals surface area (Å²) in [5.41, 5.74) is 5.27. The highest BCUT2D eigenvalue weighted by Crippen LogP contribution is 2.30. The Bertz CT molecular complexity index is 361. The number of hydrogen-bond donors (Lipinski definition) is 2. The van der Waals surface area contributed by atoms with Crippen molar-refractivity contribution in [1.29, 1.82) is 0 Å². The van der Waals surface area contributed by atoms with Gasteiger partial charge in [0.15, 0.2) is 0 Å². The van der Waals surface area contributed by atoms with Gasteiger partial charge in [0, 0.05) is 13.1 Å². The number of rotatable bonds is 5. The molecule has 18 heavy (non-hydrogen) atoms. The Morgan fingerprint density at radius 3 is 2.56 bits per heavy atom. The van der Waals surface area contributed by atoms with Crippen molar-refractivity contribution in [3.63, 3.8) is 0 Å². The smallest absolute Gasteiger partial charge is 0.310 e. The van der Waals surface area contributed by atoms with E-state index in [1.54, 1.807) is 0 Å². The molecule has 0 saturated heterocycles. The maximum Gasteiger partial charge on any atom is 0.310 e. The number of ether oxygens (including phenoxy) is 1. The molecule has 1 aliphatic rings. The minimum Gasteiger partial charge on any atom is -0.469 e. The molecule has 3 N–H and O–H groups in total. The van der Waals surface area contributed by atoms with Crippen molar-refractivity contribution in [3.05, 3.63) is 0 Å². The molecule has 1 fully saturated rings. The summed E-state index contributed by atoms with van der Waals surface area (Å²) in [6.45, 7) is 0.446. The number of nitrogens with one attached hydrogen (secondary N) is 1. The first-order chi connectivity index (χ1) is 8.03. The van der Waals surface area contributed by atoms with Gasteiger partial charge >= 0.3 is 5.97 Å². The monoisotopic (exact) mass is 300 g/mol. The van der Waals surface area contributed by atoms with Gasteiger partial charge in [-0.3, -0.25) is 4.79 Å². The third-order valence-electron chi connectivity index (χ3n) is 3.05. The number of methoxy groups -OCH3 is 1. The molecule has 1 aliphatic carbocycles. The van der Waals surface area contributed by atoms with Crippen molar-refractivity contribution in [2.75, 3.05) is 20.2 Å². The summed E-state index contributed by atoms with van der Waals surface area (Å²) in [4.78, 5) is 11.6. The quantitative estimate of drug-likeness (QED) is 0.697. The maximum atomic E-state index is 12.0. The van der Waals surface area contributed by atoms with Crippen LogP contribution in [0.4, 0.5) is 0 Å². The van der Waals surface area contributed by atoms with Crippen LogP contribution in [0, 0.1) is 5.92 Å². The van der Waals surface area contributed by atoms with E-state index in [1.165, 1.54) is 7.11 Å². The van der Waals surface area contributed by atoms with Gasteiger partial charge in [-0.25, -0.2) is 13.1 Å². The molecule has 8 heteroatoms. The fourth-order valence-electron chi connectivity index (χ4n) is 2.20. The van der Waals surface area contributed by atoms with Crippen LogP contribution in [-0.2, 0) is 19.6 Å². The van der Waals surface area contributed by atoms with Gasteiger partial charge in [-0.1, -0.05) is 12.8 Å². The molecule has 2 atom stereocenters. The van der Waals surface area contributed by atoms with Gasteiger partial charge < -0.3 is 10.5 Å². The predicted octanol–water partition coefficient (Wildman–Crippen LogP) is 0.0181. The largest absolute Gasteiger partial charge is 0.469 e. The Morgan fingerprint density at radius 1 is 1.39 bits per heavy atom. The average molecular weight is 301 g/mol. The molecule has 6 nitrogen and oxygen atoms in total. The van der Waals surface area contributed by atoms with E-state index in [1.807, 2.05) is 0 Å². The first kappa shape index (κ1) is 17.6. The topological polar surface area (TPSA) is 98.5 Å². The van der Waals surface area contributed by atoms with Crippen molar-refractivity contribution >= 4 is 28.4 Å². The van der Waals surface area contributed by atoms with Gasteiger partial charge in [0.05, 0.1) is 18.3 Å². The van der Waals surface area contributed by atoms with Gasteiger partial charge in [-0.2, -0.15) is 0 Å². The van der Waals surface area contributed by atoms with E-state index in [0.29, 0.717) is 12.8 Å². The highest BCUT2D eigenvalue weighted by Gasteiger charge is 2.39. The Morgan fingerprint density at radius 2 is 2.00 bits per heavy atom. The molecule has 0 aromatic rings. The summed E-state index contributed by atoms with van der Waals surface area (Å²) in [5.74, 6) is -0.989. The lowest BCUT2D eigenvalue weighted by molar-refractivity contribution is -0.146. The SMILES string of the molecule is COC(=O)C1CCCCC1S(=O)(=O)NCCN.Cl. The second-order valence-electron chi connectivity index (χ2n) is 4.18. The molecule has 1 rings (SSSR count). The van der Waals surface area contributed by atoms with E-state index in [-0.39, 0.29) is 25.5 Å². The molecule has 0 heterocycles. The predicted molar refractivity (Wildman–Crippen MR) is 71.0 cm³/mol. The summed E-state index contributed by atoms with van der Waals surface area (Å²) >= 11 is 0. The zero-order valence-corrected chi connectivity index (χ0v) is 12.1. The Labute approximate surface area is 114 Å². The van der Waals surface area contributed by atoms with Gasteiger partial charge in [-0.05, 0) is 12.8 Å². The molecule has 0 spiro atoms. The van der Waals surface area contributed by atoms with E-state index in [2.05, 4.69) is 9.46 Å². The molecular formula is C10H21ClN2O4S. The number of nitrogens with two attached hydrogens (primary N) is 1. The lowest BCUT2D eigenvalue weighted by atomic mass is 9.89. The molecule has 0 amide bonds. The highest BCUT2D eigenvalue weighted by molar-refractivity contribution is 7.90. The Kier molecular flexibility index (Phi) is 7.77. The summed E-state index contributed by atoms with van der Waals surface area (Å²) < 4.78 is 31.1. The molecule has 1 saturated carbocycles. The normalized spacial score (nSPS) is 24.1. The van der Waals surface area contributed by atoms with Crippen LogP contribution in [0.3, 0.4) is 0 Å². The van der Waals surface area contributed by atoms with Gasteiger partial charge in [0.2, 0.25) is 10.0 Å². The molecule has 0 aromatic carbocycles. The van der Waals surface area contributed by atoms with Crippen molar-refractivity contribution in [3.8, 4) is 0 Å². The maximum absolute atomic E-state index is 12.0. The lowest BCUT2D eigenvalue weighted by Crippen LogP contribution is -2.45. The fourth-order valence-corrected chi connectivity index (χ4v) is 3.97. The third kappa shape index (κ3) is 4.38. The summed E-state index contributed by atoms with van der Waals surface area (Å²) in [7, 11) is -2.19. The molecule has 108 valence electrons. The van der Waals surface area contributed by atoms with Gasteiger partial charge in [0.1, 0.15) is 0 Å². The van der Waals surface area contributed by atoms with E-state index in [4.69, 9.17) is 5.73 Å². The highest BCUT2D eigenvalue weighted by atomic mass is 35.5. The number of carbonyl (C=O) groups excluding carboxylic acids is 1. The third-order valence-corrected chi connectivity index (χ3v) is 5.02. The lowest BCUT2D eigenvalue weighted by Gasteiger charge is -2.29. The number of hydrogen-bond acceptors (Lipinski definition) is 5. The van der Waals surface area contributed by atoms with Gasteiger partial charge in [-0.15, -0.1) is 12.4 Å². The standard InChI is InChI=1S/C10H20N2O4S.ClH/c1-16-10(13)8-4-2-3-5-9(8)17(14,15)12-7-6-11;/h8-9,12H,2-7,11H2,1H3;1H. The Balaban J connectivity index is 0.00000289. The molecule has 0 aliphatic heterocycles. The number of sulfonamides is 1. The molecule has 2 unspecified atom stereocenters. The van der Waals surface area contributed by atoms with Crippen LogP contribution in [0.2, 0.25) is 0 Å². The van der Waals surface area contributed by atoms with Crippen LogP contribution in [-0.4, -0.2) is 39.8 Å². The number of carbonyl (C=O) groups is 1. The van der Waals surface area contributed by atoms with Crippen LogP contribution in [0.5, 0.6) is 0 Å². The van der Waals surface area contributed by atoms with Gasteiger partial charge in [0.25, 0.3) is 0 Å². The van der Waals surface area contributed by atoms with Crippen LogP contribution >= 0.6 is 12.4 Å². The van der Waals surface area contributed by atoms with E-state index in [9.17, 15) is 13.2 Å². The second kappa shape index (κ2) is 7.93. The Hall–Kier alpha value is -0.370. The van der Waals surface area contributed by atoms with Crippen LogP contribution in [0.15, 0.2) is 0 Å². The minimum absolute atomic E-state index is 0. The van der Waals surface area contributed by atoms with E-state index >= 15 is 0 Å². The molecule has 0 bridgehead atoms.